The fourth-order valence-electron chi connectivity index (χ4n) is 3.52. The number of ether oxygens (including phenoxy) is 1. The Morgan fingerprint density at radius 1 is 0.971 bits per heavy atom. The smallest absolute Gasteiger partial charge is 0.311 e. The molecule has 35 heavy (non-hydrogen) atoms. The first-order valence-corrected chi connectivity index (χ1v) is 11.2. The van der Waals surface area contributed by atoms with Crippen LogP contribution in [0.3, 0.4) is 0 Å². The second-order valence-corrected chi connectivity index (χ2v) is 9.46. The largest absolute Gasteiger partial charge is 0.455 e. The fraction of sp³-hybridized carbons (Fsp3) is 0.346. The third-order valence-corrected chi connectivity index (χ3v) is 5.63. The number of esters is 1. The van der Waals surface area contributed by atoms with Gasteiger partial charge in [-0.1, -0.05) is 32.9 Å². The molecule has 2 aromatic rings. The van der Waals surface area contributed by atoms with Gasteiger partial charge in [0.05, 0.1) is 12.5 Å². The van der Waals surface area contributed by atoms with Gasteiger partial charge in [0.1, 0.15) is 0 Å². The number of benzene rings is 2. The summed E-state index contributed by atoms with van der Waals surface area (Å²) in [5.41, 5.74) is 4.92. The number of nitrogens with zero attached hydrogens (tertiary/aromatic N) is 1. The molecule has 3 rings (SSSR count). The van der Waals surface area contributed by atoms with Gasteiger partial charge < -0.3 is 10.1 Å². The maximum atomic E-state index is 12.5. The number of hydrogen-bond donors (Lipinski definition) is 2. The summed E-state index contributed by atoms with van der Waals surface area (Å²) in [6, 6.07) is 13.4. The summed E-state index contributed by atoms with van der Waals surface area (Å²) in [7, 11) is 0. The lowest BCUT2D eigenvalue weighted by Crippen LogP contribution is -2.43. The minimum atomic E-state index is -0.797. The molecular weight excluding hydrogens is 450 g/mol. The van der Waals surface area contributed by atoms with E-state index < -0.39 is 36.2 Å². The summed E-state index contributed by atoms with van der Waals surface area (Å²) < 4.78 is 5.06. The standard InChI is InChI=1S/C26H29N3O6/c1-16(30)17-7-11-21(12-8-17)27-22(31)15-35-25(34)19-13-23(32)29(14-19)28-24(33)18-5-9-20(10-6-18)26(2,3)4/h5-12,19H,13-15H2,1-4H3,(H,27,31)(H,28,33)/t19-/m1/s1. The monoisotopic (exact) mass is 479 g/mol. The van der Waals surface area contributed by atoms with E-state index in [0.717, 1.165) is 10.6 Å². The lowest BCUT2D eigenvalue weighted by Gasteiger charge is -2.20. The molecule has 184 valence electrons. The lowest BCUT2D eigenvalue weighted by molar-refractivity contribution is -0.151. The van der Waals surface area contributed by atoms with E-state index >= 15 is 0 Å². The summed E-state index contributed by atoms with van der Waals surface area (Å²) in [5, 5.41) is 3.67. The highest BCUT2D eigenvalue weighted by atomic mass is 16.5. The van der Waals surface area contributed by atoms with Crippen molar-refractivity contribution in [2.45, 2.75) is 39.5 Å². The van der Waals surface area contributed by atoms with Crippen molar-refractivity contribution in [2.24, 2.45) is 5.92 Å². The SMILES string of the molecule is CC(=O)c1ccc(NC(=O)COC(=O)[C@@H]2CC(=O)N(NC(=O)c3ccc(C(C)(C)C)cc3)C2)cc1. The quantitative estimate of drug-likeness (QED) is 0.465. The minimum absolute atomic E-state index is 0.0440. The highest BCUT2D eigenvalue weighted by Crippen LogP contribution is 2.22. The Hall–Kier alpha value is -4.01. The van der Waals surface area contributed by atoms with Crippen LogP contribution in [-0.4, -0.2) is 47.6 Å². The van der Waals surface area contributed by atoms with E-state index in [1.165, 1.54) is 6.92 Å². The Morgan fingerprint density at radius 3 is 2.14 bits per heavy atom. The summed E-state index contributed by atoms with van der Waals surface area (Å²) in [6.45, 7) is 7.09. The molecule has 0 bridgehead atoms. The van der Waals surface area contributed by atoms with Crippen molar-refractivity contribution < 1.29 is 28.7 Å². The van der Waals surface area contributed by atoms with E-state index in [1.54, 1.807) is 36.4 Å². The van der Waals surface area contributed by atoms with Gasteiger partial charge in [-0.05, 0) is 54.3 Å². The van der Waals surface area contributed by atoms with Gasteiger partial charge in [0.25, 0.3) is 11.8 Å². The predicted molar refractivity (Wildman–Crippen MR) is 128 cm³/mol. The van der Waals surface area contributed by atoms with Crippen LogP contribution in [0.1, 0.15) is 60.4 Å². The lowest BCUT2D eigenvalue weighted by atomic mass is 9.87. The first-order chi connectivity index (χ1) is 16.4. The van der Waals surface area contributed by atoms with Gasteiger partial charge in [0.2, 0.25) is 5.91 Å². The second kappa shape index (κ2) is 10.5. The first kappa shape index (κ1) is 25.6. The Balaban J connectivity index is 1.48. The molecule has 9 heteroatoms. The van der Waals surface area contributed by atoms with Crippen molar-refractivity contribution in [1.82, 2.24) is 10.4 Å². The van der Waals surface area contributed by atoms with Crippen molar-refractivity contribution in [2.75, 3.05) is 18.5 Å². The molecule has 0 saturated carbocycles. The van der Waals surface area contributed by atoms with Crippen LogP contribution in [0.4, 0.5) is 5.69 Å². The van der Waals surface area contributed by atoms with Crippen LogP contribution in [0, 0.1) is 5.92 Å². The van der Waals surface area contributed by atoms with Gasteiger partial charge in [0.15, 0.2) is 12.4 Å². The van der Waals surface area contributed by atoms with Crippen LogP contribution in [0.25, 0.3) is 0 Å². The molecule has 0 aromatic heterocycles. The van der Waals surface area contributed by atoms with Gasteiger partial charge in [-0.2, -0.15) is 0 Å². The van der Waals surface area contributed by atoms with Gasteiger partial charge in [0, 0.05) is 23.2 Å². The molecule has 0 spiro atoms. The van der Waals surface area contributed by atoms with Crippen LogP contribution in [-0.2, 0) is 24.5 Å². The third-order valence-electron chi connectivity index (χ3n) is 5.63. The molecule has 0 aliphatic carbocycles. The summed E-state index contributed by atoms with van der Waals surface area (Å²) in [5.74, 6) is -3.02. The number of amides is 3. The van der Waals surface area contributed by atoms with E-state index in [-0.39, 0.29) is 24.2 Å². The molecule has 1 fully saturated rings. The third kappa shape index (κ3) is 6.75. The molecule has 1 aliphatic heterocycles. The van der Waals surface area contributed by atoms with E-state index in [1.807, 2.05) is 12.1 Å². The summed E-state index contributed by atoms with van der Waals surface area (Å²) >= 11 is 0. The van der Waals surface area contributed by atoms with E-state index in [9.17, 15) is 24.0 Å². The molecule has 2 N–H and O–H groups in total. The predicted octanol–water partition coefficient (Wildman–Crippen LogP) is 2.86. The van der Waals surface area contributed by atoms with Crippen LogP contribution in [0.15, 0.2) is 48.5 Å². The van der Waals surface area contributed by atoms with Crippen molar-refractivity contribution >= 4 is 35.2 Å². The first-order valence-electron chi connectivity index (χ1n) is 11.2. The zero-order valence-electron chi connectivity index (χ0n) is 20.2. The molecule has 1 saturated heterocycles. The van der Waals surface area contributed by atoms with E-state index in [4.69, 9.17) is 4.74 Å². The molecule has 1 aliphatic rings. The number of hydrazine groups is 1. The van der Waals surface area contributed by atoms with Crippen molar-refractivity contribution in [3.63, 3.8) is 0 Å². The number of anilines is 1. The zero-order chi connectivity index (χ0) is 25.8. The molecule has 2 aromatic carbocycles. The Kier molecular flexibility index (Phi) is 7.68. The second-order valence-electron chi connectivity index (χ2n) is 9.46. The maximum absolute atomic E-state index is 12.5. The van der Waals surface area contributed by atoms with Crippen LogP contribution >= 0.6 is 0 Å². The normalized spacial score (nSPS) is 15.5. The molecule has 0 unspecified atom stereocenters. The number of ketones is 1. The van der Waals surface area contributed by atoms with Crippen LogP contribution in [0.2, 0.25) is 0 Å². The molecular formula is C26H29N3O6. The Bertz CT molecular complexity index is 1130. The topological polar surface area (TPSA) is 122 Å². The minimum Gasteiger partial charge on any atom is -0.455 e. The van der Waals surface area contributed by atoms with Gasteiger partial charge in [-0.3, -0.25) is 34.4 Å². The van der Waals surface area contributed by atoms with E-state index in [2.05, 4.69) is 31.5 Å². The molecule has 1 atom stereocenters. The van der Waals surface area contributed by atoms with Gasteiger partial charge in [-0.15, -0.1) is 0 Å². The number of carbonyl (C=O) groups excluding carboxylic acids is 5. The number of hydrogen-bond acceptors (Lipinski definition) is 6. The fourth-order valence-corrected chi connectivity index (χ4v) is 3.52. The summed E-state index contributed by atoms with van der Waals surface area (Å²) in [4.78, 5) is 60.6. The number of carbonyl (C=O) groups is 5. The average Bonchev–Trinajstić information content (AvgIpc) is 3.17. The highest BCUT2D eigenvalue weighted by molar-refractivity contribution is 5.97. The highest BCUT2D eigenvalue weighted by Gasteiger charge is 2.36. The maximum Gasteiger partial charge on any atom is 0.311 e. The molecule has 3 amide bonds. The van der Waals surface area contributed by atoms with Crippen molar-refractivity contribution in [3.05, 3.63) is 65.2 Å². The number of rotatable bonds is 7. The van der Waals surface area contributed by atoms with Gasteiger partial charge >= 0.3 is 5.97 Å². The van der Waals surface area contributed by atoms with Crippen molar-refractivity contribution in [1.29, 1.82) is 0 Å². The van der Waals surface area contributed by atoms with Gasteiger partial charge in [-0.25, -0.2) is 0 Å². The average molecular weight is 480 g/mol. The van der Waals surface area contributed by atoms with E-state index in [0.29, 0.717) is 16.8 Å². The van der Waals surface area contributed by atoms with Crippen LogP contribution in [0.5, 0.6) is 0 Å². The zero-order valence-corrected chi connectivity index (χ0v) is 20.2. The Morgan fingerprint density at radius 2 is 1.57 bits per heavy atom. The van der Waals surface area contributed by atoms with Crippen LogP contribution < -0.4 is 10.7 Å². The summed E-state index contributed by atoms with van der Waals surface area (Å²) in [6.07, 6.45) is -0.129. The number of nitrogens with one attached hydrogen (secondary N) is 2. The molecule has 0 radical (unpaired) electrons. The Labute approximate surface area is 203 Å². The van der Waals surface area contributed by atoms with Crippen molar-refractivity contribution in [3.8, 4) is 0 Å². The molecule has 9 nitrogen and oxygen atoms in total. The molecule has 1 heterocycles. The number of Topliss-reactive ketones (excluding diaryl/α,β-unsaturated/α-hetero) is 1.